The van der Waals surface area contributed by atoms with Crippen LogP contribution in [0.4, 0.5) is 0 Å². The Balaban J connectivity index is 1.50. The number of hydrogen-bond acceptors (Lipinski definition) is 0. The topological polar surface area (TPSA) is 0 Å². The summed E-state index contributed by atoms with van der Waals surface area (Å²) >= 11 is 6.45. The Bertz CT molecular complexity index is 829. The monoisotopic (exact) mass is 420 g/mol. The molecule has 0 aromatic heterocycles. The summed E-state index contributed by atoms with van der Waals surface area (Å²) in [5.74, 6) is 8.15. The van der Waals surface area contributed by atoms with Crippen LogP contribution in [0, 0.1) is 17.8 Å². The lowest BCUT2D eigenvalue weighted by Crippen LogP contribution is -2.12. The van der Waals surface area contributed by atoms with Crippen LogP contribution in [0.2, 0.25) is 5.02 Å². The zero-order valence-corrected chi connectivity index (χ0v) is 19.6. The minimum atomic E-state index is 0.521. The molecule has 3 rings (SSSR count). The fourth-order valence-corrected chi connectivity index (χ4v) is 4.76. The Morgan fingerprint density at radius 2 is 1.57 bits per heavy atom. The van der Waals surface area contributed by atoms with Gasteiger partial charge >= 0.3 is 0 Å². The van der Waals surface area contributed by atoms with Crippen molar-refractivity contribution in [1.29, 1.82) is 0 Å². The van der Waals surface area contributed by atoms with Crippen molar-refractivity contribution < 1.29 is 0 Å². The molecule has 0 spiro atoms. The molecule has 1 aliphatic rings. The lowest BCUT2D eigenvalue weighted by Gasteiger charge is -2.26. The van der Waals surface area contributed by atoms with Crippen LogP contribution in [-0.4, -0.2) is 0 Å². The molecule has 1 heteroatoms. The van der Waals surface area contributed by atoms with Gasteiger partial charge in [0.25, 0.3) is 0 Å². The van der Waals surface area contributed by atoms with Gasteiger partial charge in [-0.2, -0.15) is 0 Å². The normalized spacial score (nSPS) is 18.6. The number of aryl methyl sites for hydroxylation is 2. The fourth-order valence-electron chi connectivity index (χ4n) is 4.49. The molecule has 30 heavy (non-hydrogen) atoms. The van der Waals surface area contributed by atoms with Gasteiger partial charge in [-0.1, -0.05) is 86.9 Å². The largest absolute Gasteiger partial charge is 0.0945 e. The second-order valence-electron chi connectivity index (χ2n) is 8.93. The third kappa shape index (κ3) is 6.92. The Hall–Kier alpha value is -1.71. The molecule has 160 valence electrons. The highest BCUT2D eigenvalue weighted by atomic mass is 35.5. The van der Waals surface area contributed by atoms with Crippen molar-refractivity contribution in [2.45, 2.75) is 90.4 Å². The maximum absolute atomic E-state index is 6.45. The van der Waals surface area contributed by atoms with Crippen molar-refractivity contribution in [3.8, 4) is 11.8 Å². The molecule has 2 aromatic rings. The van der Waals surface area contributed by atoms with Crippen LogP contribution in [0.25, 0.3) is 0 Å². The molecule has 0 radical (unpaired) electrons. The van der Waals surface area contributed by atoms with Crippen LogP contribution < -0.4 is 0 Å². The summed E-state index contributed by atoms with van der Waals surface area (Å²) in [5.41, 5.74) is 5.32. The zero-order valence-electron chi connectivity index (χ0n) is 18.9. The van der Waals surface area contributed by atoms with Gasteiger partial charge in [0.05, 0.1) is 0 Å². The number of benzene rings is 2. The lowest BCUT2D eigenvalue weighted by atomic mass is 9.78. The SMILES string of the molecule is CCCCCc1ccc(C2CCC(C#Cc3ccc(CCCC)c(Cl)c3)CC2)cc1. The summed E-state index contributed by atoms with van der Waals surface area (Å²) in [7, 11) is 0. The van der Waals surface area contributed by atoms with E-state index in [1.54, 1.807) is 0 Å². The van der Waals surface area contributed by atoms with E-state index < -0.39 is 0 Å². The first-order chi connectivity index (χ1) is 14.7. The number of rotatable bonds is 8. The van der Waals surface area contributed by atoms with E-state index in [9.17, 15) is 0 Å². The number of hydrogen-bond donors (Lipinski definition) is 0. The molecule has 0 bridgehead atoms. The zero-order chi connectivity index (χ0) is 21.2. The molecule has 1 saturated carbocycles. The molecule has 2 aromatic carbocycles. The fraction of sp³-hybridized carbons (Fsp3) is 0.517. The second kappa shape index (κ2) is 12.2. The third-order valence-corrected chi connectivity index (χ3v) is 6.87. The highest BCUT2D eigenvalue weighted by Crippen LogP contribution is 2.35. The summed E-state index contributed by atoms with van der Waals surface area (Å²) in [6, 6.07) is 15.8. The van der Waals surface area contributed by atoms with Gasteiger partial charge in [0.2, 0.25) is 0 Å². The first-order valence-electron chi connectivity index (χ1n) is 12.1. The van der Waals surface area contributed by atoms with Crippen molar-refractivity contribution in [2.24, 2.45) is 5.92 Å². The van der Waals surface area contributed by atoms with E-state index in [-0.39, 0.29) is 0 Å². The van der Waals surface area contributed by atoms with E-state index in [1.807, 2.05) is 6.07 Å². The molecule has 0 heterocycles. The quantitative estimate of drug-likeness (QED) is 0.295. The minimum absolute atomic E-state index is 0.521. The van der Waals surface area contributed by atoms with Crippen LogP contribution >= 0.6 is 11.6 Å². The maximum Gasteiger partial charge on any atom is 0.0450 e. The minimum Gasteiger partial charge on any atom is -0.0945 e. The summed E-state index contributed by atoms with van der Waals surface area (Å²) < 4.78 is 0. The van der Waals surface area contributed by atoms with Crippen LogP contribution in [-0.2, 0) is 12.8 Å². The molecule has 0 nitrogen and oxygen atoms in total. The van der Waals surface area contributed by atoms with Crippen molar-refractivity contribution in [2.75, 3.05) is 0 Å². The van der Waals surface area contributed by atoms with E-state index in [0.717, 1.165) is 17.0 Å². The van der Waals surface area contributed by atoms with Gasteiger partial charge in [-0.25, -0.2) is 0 Å². The molecule has 1 aliphatic carbocycles. The smallest absolute Gasteiger partial charge is 0.0450 e. The molecular formula is C29H37Cl. The van der Waals surface area contributed by atoms with Gasteiger partial charge in [-0.3, -0.25) is 0 Å². The molecule has 0 amide bonds. The first-order valence-corrected chi connectivity index (χ1v) is 12.5. The maximum atomic E-state index is 6.45. The van der Waals surface area contributed by atoms with E-state index in [1.165, 1.54) is 80.9 Å². The van der Waals surface area contributed by atoms with E-state index in [0.29, 0.717) is 11.8 Å². The average Bonchev–Trinajstić information content (AvgIpc) is 2.78. The Kier molecular flexibility index (Phi) is 9.35. The first kappa shape index (κ1) is 23.0. The van der Waals surface area contributed by atoms with Gasteiger partial charge in [-0.05, 0) is 86.1 Å². The Morgan fingerprint density at radius 1 is 0.833 bits per heavy atom. The second-order valence-corrected chi connectivity index (χ2v) is 9.33. The molecule has 0 N–H and O–H groups in total. The molecule has 0 aliphatic heterocycles. The summed E-state index contributed by atoms with van der Waals surface area (Å²) in [5, 5.41) is 0.872. The van der Waals surface area contributed by atoms with Gasteiger partial charge in [0.1, 0.15) is 0 Å². The van der Waals surface area contributed by atoms with E-state index in [2.05, 4.69) is 62.1 Å². The number of unbranched alkanes of at least 4 members (excludes halogenated alkanes) is 3. The Morgan fingerprint density at radius 3 is 2.23 bits per heavy atom. The molecule has 1 fully saturated rings. The molecular weight excluding hydrogens is 384 g/mol. The molecule has 0 atom stereocenters. The predicted molar refractivity (Wildman–Crippen MR) is 131 cm³/mol. The van der Waals surface area contributed by atoms with Crippen molar-refractivity contribution in [3.05, 3.63) is 69.7 Å². The van der Waals surface area contributed by atoms with Crippen molar-refractivity contribution in [3.63, 3.8) is 0 Å². The molecule has 0 saturated heterocycles. The lowest BCUT2D eigenvalue weighted by molar-refractivity contribution is 0.384. The van der Waals surface area contributed by atoms with Gasteiger partial charge in [-0.15, -0.1) is 0 Å². The van der Waals surface area contributed by atoms with Crippen LogP contribution in [0.1, 0.15) is 99.8 Å². The highest BCUT2D eigenvalue weighted by Gasteiger charge is 2.21. The third-order valence-electron chi connectivity index (χ3n) is 6.52. The van der Waals surface area contributed by atoms with Crippen LogP contribution in [0.3, 0.4) is 0 Å². The van der Waals surface area contributed by atoms with Gasteiger partial charge in [0.15, 0.2) is 0 Å². The number of halogens is 1. The van der Waals surface area contributed by atoms with E-state index >= 15 is 0 Å². The van der Waals surface area contributed by atoms with Crippen LogP contribution in [0.15, 0.2) is 42.5 Å². The van der Waals surface area contributed by atoms with Gasteiger partial charge < -0.3 is 0 Å². The highest BCUT2D eigenvalue weighted by molar-refractivity contribution is 6.31. The summed E-state index contributed by atoms with van der Waals surface area (Å²) in [6.07, 6.45) is 13.5. The molecule has 0 unspecified atom stereocenters. The van der Waals surface area contributed by atoms with Crippen LogP contribution in [0.5, 0.6) is 0 Å². The Labute approximate surface area is 189 Å². The van der Waals surface area contributed by atoms with Crippen molar-refractivity contribution in [1.82, 2.24) is 0 Å². The van der Waals surface area contributed by atoms with Crippen molar-refractivity contribution >= 4 is 11.6 Å². The summed E-state index contributed by atoms with van der Waals surface area (Å²) in [4.78, 5) is 0. The van der Waals surface area contributed by atoms with E-state index in [4.69, 9.17) is 11.6 Å². The predicted octanol–water partition coefficient (Wildman–Crippen LogP) is 8.74. The standard InChI is InChI=1S/C29H37Cl/c1-3-5-7-8-23-12-17-26(18-13-23)27-19-14-24(15-20-27)10-11-25-16-21-28(9-6-4-2)29(30)22-25/h12-13,16-18,21-22,24,27H,3-9,14-15,19-20H2,1-2H3. The summed E-state index contributed by atoms with van der Waals surface area (Å²) in [6.45, 7) is 4.48. The average molecular weight is 421 g/mol. The van der Waals surface area contributed by atoms with Gasteiger partial charge in [0, 0.05) is 16.5 Å².